The molecule has 0 radical (unpaired) electrons. The third-order valence-electron chi connectivity index (χ3n) is 6.61. The number of carbonyl (C=O) groups excluding carboxylic acids is 1. The average molecular weight is 575 g/mol. The van der Waals surface area contributed by atoms with Crippen molar-refractivity contribution in [2.24, 2.45) is 0 Å². The molecule has 39 heavy (non-hydrogen) atoms. The number of amides is 1. The summed E-state index contributed by atoms with van der Waals surface area (Å²) in [5, 5.41) is 7.16. The lowest BCUT2D eigenvalue weighted by Gasteiger charge is -2.28. The molecule has 0 saturated heterocycles. The van der Waals surface area contributed by atoms with E-state index in [-0.39, 0.29) is 41.6 Å². The van der Waals surface area contributed by atoms with Crippen LogP contribution in [0.15, 0.2) is 41.8 Å². The molecular weight excluding hydrogens is 536 g/mol. The van der Waals surface area contributed by atoms with E-state index in [9.17, 15) is 13.2 Å². The quantitative estimate of drug-likeness (QED) is 0.280. The van der Waals surface area contributed by atoms with Gasteiger partial charge in [0, 0.05) is 48.2 Å². The van der Waals surface area contributed by atoms with Gasteiger partial charge in [-0.05, 0) is 65.5 Å². The molecule has 2 heterocycles. The number of ether oxygens (including phenoxy) is 1. The van der Waals surface area contributed by atoms with Gasteiger partial charge in [0.25, 0.3) is 0 Å². The van der Waals surface area contributed by atoms with Crippen LogP contribution < -0.4 is 15.4 Å². The summed E-state index contributed by atoms with van der Waals surface area (Å²) in [5.74, 6) is 0.916. The minimum Gasteiger partial charge on any atom is -0.447 e. The Morgan fingerprint density at radius 3 is 2.54 bits per heavy atom. The van der Waals surface area contributed by atoms with Gasteiger partial charge in [-0.3, -0.25) is 0 Å². The Hall–Kier alpha value is -2.96. The highest BCUT2D eigenvalue weighted by Crippen LogP contribution is 2.40. The normalized spacial score (nSPS) is 17.9. The number of nitrogens with one attached hydrogen (secondary N) is 3. The summed E-state index contributed by atoms with van der Waals surface area (Å²) in [4.78, 5) is 22.0. The van der Waals surface area contributed by atoms with Gasteiger partial charge in [-0.2, -0.15) is 0 Å². The lowest BCUT2D eigenvalue weighted by molar-refractivity contribution is 0.109. The predicted octanol–water partition coefficient (Wildman–Crippen LogP) is 5.79. The van der Waals surface area contributed by atoms with Gasteiger partial charge in [0.05, 0.1) is 27.2 Å². The number of imidazole rings is 1. The molecule has 12 heteroatoms. The van der Waals surface area contributed by atoms with Crippen molar-refractivity contribution in [2.75, 3.05) is 11.9 Å². The molecule has 2 aromatic heterocycles. The summed E-state index contributed by atoms with van der Waals surface area (Å²) < 4.78 is 36.2. The summed E-state index contributed by atoms with van der Waals surface area (Å²) >= 11 is 1.53. The first-order chi connectivity index (χ1) is 18.6. The first-order valence-corrected chi connectivity index (χ1v) is 15.7. The fourth-order valence-electron chi connectivity index (χ4n) is 4.63. The maximum Gasteiger partial charge on any atom is 0.407 e. The molecule has 0 bridgehead atoms. The van der Waals surface area contributed by atoms with Gasteiger partial charge in [-0.15, -0.1) is 11.3 Å². The third-order valence-corrected chi connectivity index (χ3v) is 9.38. The molecule has 1 saturated carbocycles. The van der Waals surface area contributed by atoms with Crippen LogP contribution in [0.3, 0.4) is 0 Å². The SMILES string of the molecule is CCNS(=O)(=O)c1cc(Nc2cn(C(C)C)cn2)ccc1-c1cnc([C@H]2CC[C@H](NC(=O)OC(C)C)CC2)s1. The molecule has 1 aliphatic rings. The molecule has 0 unspecified atom stereocenters. The highest BCUT2D eigenvalue weighted by molar-refractivity contribution is 7.89. The van der Waals surface area contributed by atoms with E-state index in [1.807, 2.05) is 36.7 Å². The standard InChI is InChI=1S/C27H38N6O4S2/c1-6-30-39(35,36)24-13-21(31-25-15-33(16-29-25)17(2)3)11-12-22(24)23-14-28-26(38-23)19-7-9-20(10-8-19)32-27(34)37-18(4)5/h11-20,30-31H,6-10H2,1-5H3,(H,32,34)/t19-,20-. The third kappa shape index (κ3) is 7.37. The van der Waals surface area contributed by atoms with Gasteiger partial charge in [0.15, 0.2) is 0 Å². The van der Waals surface area contributed by atoms with E-state index >= 15 is 0 Å². The largest absolute Gasteiger partial charge is 0.447 e. The van der Waals surface area contributed by atoms with Crippen molar-refractivity contribution < 1.29 is 17.9 Å². The van der Waals surface area contributed by atoms with Gasteiger partial charge in [-0.25, -0.2) is 27.9 Å². The maximum absolute atomic E-state index is 13.2. The number of aromatic nitrogens is 3. The van der Waals surface area contributed by atoms with Gasteiger partial charge in [0.2, 0.25) is 10.0 Å². The number of hydrogen-bond donors (Lipinski definition) is 3. The monoisotopic (exact) mass is 574 g/mol. The highest BCUT2D eigenvalue weighted by atomic mass is 32.2. The Morgan fingerprint density at radius 1 is 1.15 bits per heavy atom. The molecule has 3 N–H and O–H groups in total. The van der Waals surface area contributed by atoms with Crippen LogP contribution in [0.1, 0.15) is 77.3 Å². The number of nitrogens with zero attached hydrogens (tertiary/aromatic N) is 3. The van der Waals surface area contributed by atoms with Gasteiger partial charge < -0.3 is 19.9 Å². The van der Waals surface area contributed by atoms with Crippen LogP contribution in [0.4, 0.5) is 16.3 Å². The van der Waals surface area contributed by atoms with E-state index in [0.29, 0.717) is 17.1 Å². The molecule has 0 atom stereocenters. The Kier molecular flexibility index (Phi) is 9.29. The number of carbonyl (C=O) groups is 1. The predicted molar refractivity (Wildman–Crippen MR) is 154 cm³/mol. The van der Waals surface area contributed by atoms with E-state index in [1.54, 1.807) is 25.5 Å². The van der Waals surface area contributed by atoms with Crippen molar-refractivity contribution in [1.82, 2.24) is 24.6 Å². The summed E-state index contributed by atoms with van der Waals surface area (Å²) in [6, 6.07) is 5.70. The van der Waals surface area contributed by atoms with Crippen molar-refractivity contribution >= 4 is 39.0 Å². The molecule has 0 aliphatic heterocycles. The van der Waals surface area contributed by atoms with Crippen molar-refractivity contribution in [3.8, 4) is 10.4 Å². The Morgan fingerprint density at radius 2 is 1.90 bits per heavy atom. The number of sulfonamides is 1. The van der Waals surface area contributed by atoms with Crippen LogP contribution in [0, 0.1) is 0 Å². The average Bonchev–Trinajstić information content (AvgIpc) is 3.54. The van der Waals surface area contributed by atoms with Crippen LogP contribution in [0.25, 0.3) is 10.4 Å². The minimum absolute atomic E-state index is 0.0933. The van der Waals surface area contributed by atoms with E-state index in [1.165, 1.54) is 11.3 Å². The molecule has 1 fully saturated rings. The van der Waals surface area contributed by atoms with E-state index < -0.39 is 10.0 Å². The minimum atomic E-state index is -3.74. The van der Waals surface area contributed by atoms with Crippen LogP contribution in [-0.2, 0) is 14.8 Å². The molecule has 1 aromatic carbocycles. The zero-order valence-corrected chi connectivity index (χ0v) is 24.7. The van der Waals surface area contributed by atoms with Crippen LogP contribution in [0.5, 0.6) is 0 Å². The fourth-order valence-corrected chi connectivity index (χ4v) is 7.10. The molecule has 0 spiro atoms. The highest BCUT2D eigenvalue weighted by Gasteiger charge is 2.27. The number of anilines is 2. The number of benzene rings is 1. The molecule has 1 amide bonds. The second-order valence-electron chi connectivity index (χ2n) is 10.3. The Labute approximate surface area is 234 Å². The van der Waals surface area contributed by atoms with Crippen LogP contribution >= 0.6 is 11.3 Å². The number of hydrogen-bond acceptors (Lipinski definition) is 8. The van der Waals surface area contributed by atoms with E-state index in [4.69, 9.17) is 4.74 Å². The van der Waals surface area contributed by atoms with Gasteiger partial charge in [-0.1, -0.05) is 13.0 Å². The zero-order valence-electron chi connectivity index (χ0n) is 23.1. The lowest BCUT2D eigenvalue weighted by atomic mass is 9.86. The van der Waals surface area contributed by atoms with Crippen molar-refractivity contribution in [3.63, 3.8) is 0 Å². The van der Waals surface area contributed by atoms with Crippen molar-refractivity contribution in [2.45, 2.75) is 89.3 Å². The maximum atomic E-state index is 13.2. The fraction of sp³-hybridized carbons (Fsp3) is 0.519. The molecule has 1 aliphatic carbocycles. The molecule has 4 rings (SSSR count). The number of alkyl carbamates (subject to hydrolysis) is 1. The molecule has 3 aromatic rings. The van der Waals surface area contributed by atoms with Crippen LogP contribution in [-0.4, -0.2) is 47.7 Å². The molecule has 10 nitrogen and oxygen atoms in total. The second-order valence-corrected chi connectivity index (χ2v) is 13.1. The summed E-state index contributed by atoms with van der Waals surface area (Å²) in [5.41, 5.74) is 1.25. The van der Waals surface area contributed by atoms with Gasteiger partial charge in [0.1, 0.15) is 5.82 Å². The first-order valence-electron chi connectivity index (χ1n) is 13.4. The molecular formula is C27H38N6O4S2. The summed E-state index contributed by atoms with van der Waals surface area (Å²) in [6.45, 7) is 9.84. The van der Waals surface area contributed by atoms with Crippen molar-refractivity contribution in [3.05, 3.63) is 41.9 Å². The van der Waals surface area contributed by atoms with E-state index in [2.05, 4.69) is 39.2 Å². The van der Waals surface area contributed by atoms with E-state index in [0.717, 1.165) is 35.6 Å². The number of thiazole rings is 1. The van der Waals surface area contributed by atoms with Crippen LogP contribution in [0.2, 0.25) is 0 Å². The van der Waals surface area contributed by atoms with Gasteiger partial charge >= 0.3 is 6.09 Å². The smallest absolute Gasteiger partial charge is 0.407 e. The second kappa shape index (κ2) is 12.5. The first kappa shape index (κ1) is 29.0. The number of rotatable bonds is 10. The van der Waals surface area contributed by atoms with Crippen molar-refractivity contribution in [1.29, 1.82) is 0 Å². The summed E-state index contributed by atoms with van der Waals surface area (Å²) in [7, 11) is -3.74. The topological polar surface area (TPSA) is 127 Å². The Balaban J connectivity index is 1.52. The summed E-state index contributed by atoms with van der Waals surface area (Å²) in [6.07, 6.45) is 8.38. The lowest BCUT2D eigenvalue weighted by Crippen LogP contribution is -2.38. The Bertz CT molecular complexity index is 1370. The molecule has 212 valence electrons. The zero-order chi connectivity index (χ0) is 28.2.